The molecule has 8 heteroatoms. The Labute approximate surface area is 181 Å². The second kappa shape index (κ2) is 7.44. The van der Waals surface area contributed by atoms with E-state index in [-0.39, 0.29) is 5.56 Å². The summed E-state index contributed by atoms with van der Waals surface area (Å²) >= 11 is 14.6. The van der Waals surface area contributed by atoms with Gasteiger partial charge in [-0.1, -0.05) is 40.9 Å². The molecule has 0 aliphatic carbocycles. The Balaban J connectivity index is 1.79. The van der Waals surface area contributed by atoms with Gasteiger partial charge in [-0.15, -0.1) is 11.3 Å². The minimum absolute atomic E-state index is 0.198. The van der Waals surface area contributed by atoms with Gasteiger partial charge in [0.25, 0.3) is 5.56 Å². The van der Waals surface area contributed by atoms with Crippen molar-refractivity contribution in [1.29, 1.82) is 0 Å². The maximum absolute atomic E-state index is 12.5. The van der Waals surface area contributed by atoms with Crippen LogP contribution in [0.15, 0.2) is 29.1 Å². The fraction of sp³-hybridized carbons (Fsp3) is 0.190. The Morgan fingerprint density at radius 2 is 1.86 bits per heavy atom. The molecule has 148 valence electrons. The number of aryl methyl sites for hydroxylation is 4. The van der Waals surface area contributed by atoms with Gasteiger partial charge in [0.2, 0.25) is 0 Å². The Morgan fingerprint density at radius 1 is 1.17 bits per heavy atom. The molecule has 5 nitrogen and oxygen atoms in total. The van der Waals surface area contributed by atoms with Crippen LogP contribution >= 0.6 is 34.5 Å². The zero-order valence-corrected chi connectivity index (χ0v) is 18.6. The first kappa shape index (κ1) is 19.9. The number of thiophene rings is 1. The number of aromatic nitrogens is 4. The van der Waals surface area contributed by atoms with Crippen LogP contribution < -0.4 is 5.56 Å². The maximum atomic E-state index is 12.5. The lowest BCUT2D eigenvalue weighted by atomic mass is 10.2. The molecule has 0 aliphatic heterocycles. The van der Waals surface area contributed by atoms with E-state index in [1.54, 1.807) is 10.8 Å². The Kier molecular flexibility index (Phi) is 5.11. The first-order valence-corrected chi connectivity index (χ1v) is 10.5. The van der Waals surface area contributed by atoms with E-state index in [1.165, 1.54) is 11.3 Å². The Morgan fingerprint density at radius 3 is 2.55 bits per heavy atom. The molecular formula is C21H18Cl2N4OS. The highest BCUT2D eigenvalue weighted by atomic mass is 35.5. The third-order valence-corrected chi connectivity index (χ3v) is 6.62. The fourth-order valence-electron chi connectivity index (χ4n) is 3.10. The highest BCUT2D eigenvalue weighted by Gasteiger charge is 2.16. The SMILES string of the molecule is Cc1ccc(-n2nc(C)c(C=C(Cl)c3nc4sc(C)c(C)c4c(=O)[nH]3)c2Cl)cc1. The van der Waals surface area contributed by atoms with Crippen LogP contribution in [0.2, 0.25) is 5.15 Å². The van der Waals surface area contributed by atoms with Crippen molar-refractivity contribution in [3.63, 3.8) is 0 Å². The lowest BCUT2D eigenvalue weighted by Crippen LogP contribution is -2.10. The van der Waals surface area contributed by atoms with Gasteiger partial charge in [0.1, 0.15) is 9.98 Å². The van der Waals surface area contributed by atoms with Crippen molar-refractivity contribution >= 4 is 55.9 Å². The monoisotopic (exact) mass is 444 g/mol. The number of nitrogens with zero attached hydrogens (tertiary/aromatic N) is 3. The maximum Gasteiger partial charge on any atom is 0.260 e. The van der Waals surface area contributed by atoms with Gasteiger partial charge in [0, 0.05) is 10.4 Å². The van der Waals surface area contributed by atoms with E-state index in [9.17, 15) is 4.79 Å². The van der Waals surface area contributed by atoms with Gasteiger partial charge < -0.3 is 4.98 Å². The van der Waals surface area contributed by atoms with E-state index in [4.69, 9.17) is 23.2 Å². The molecular weight excluding hydrogens is 427 g/mol. The van der Waals surface area contributed by atoms with E-state index in [0.29, 0.717) is 31.8 Å². The van der Waals surface area contributed by atoms with Gasteiger partial charge in [-0.2, -0.15) is 5.10 Å². The predicted octanol–water partition coefficient (Wildman–Crippen LogP) is 5.79. The van der Waals surface area contributed by atoms with Crippen molar-refractivity contribution in [3.05, 3.63) is 72.9 Å². The van der Waals surface area contributed by atoms with E-state index < -0.39 is 0 Å². The summed E-state index contributed by atoms with van der Waals surface area (Å²) < 4.78 is 1.66. The van der Waals surface area contributed by atoms with Crippen LogP contribution in [-0.4, -0.2) is 19.7 Å². The van der Waals surface area contributed by atoms with Gasteiger partial charge >= 0.3 is 0 Å². The largest absolute Gasteiger partial charge is 0.305 e. The number of halogens is 2. The summed E-state index contributed by atoms with van der Waals surface area (Å²) in [6.07, 6.45) is 1.69. The topological polar surface area (TPSA) is 63.6 Å². The number of hydrogen-bond acceptors (Lipinski definition) is 4. The lowest BCUT2D eigenvalue weighted by molar-refractivity contribution is 0.863. The standard InChI is InChI=1S/C21H18Cl2N4OS/c1-10-5-7-14(8-6-10)27-18(23)15(12(3)26-27)9-16(22)19-24-20(28)17-11(2)13(4)29-21(17)25-19/h5-9H,1-4H3,(H,24,25,28). The van der Waals surface area contributed by atoms with Crippen molar-refractivity contribution in [3.8, 4) is 5.69 Å². The molecule has 0 atom stereocenters. The molecule has 1 aromatic carbocycles. The van der Waals surface area contributed by atoms with Gasteiger partial charge in [0.05, 0.1) is 21.8 Å². The molecule has 0 fully saturated rings. The van der Waals surface area contributed by atoms with Crippen molar-refractivity contribution in [1.82, 2.24) is 19.7 Å². The Bertz CT molecular complexity index is 1330. The Hall–Kier alpha value is -2.41. The minimum Gasteiger partial charge on any atom is -0.305 e. The number of nitrogens with one attached hydrogen (secondary N) is 1. The molecule has 3 heterocycles. The zero-order chi connectivity index (χ0) is 20.9. The van der Waals surface area contributed by atoms with Gasteiger partial charge in [-0.3, -0.25) is 4.79 Å². The summed E-state index contributed by atoms with van der Waals surface area (Å²) in [5.41, 5.74) is 4.16. The quantitative estimate of drug-likeness (QED) is 0.434. The third kappa shape index (κ3) is 3.52. The predicted molar refractivity (Wildman–Crippen MR) is 121 cm³/mol. The number of benzene rings is 1. The molecule has 29 heavy (non-hydrogen) atoms. The third-order valence-electron chi connectivity index (χ3n) is 4.86. The number of hydrogen-bond donors (Lipinski definition) is 1. The molecule has 0 unspecified atom stereocenters. The first-order chi connectivity index (χ1) is 13.8. The summed E-state index contributed by atoms with van der Waals surface area (Å²) in [6.45, 7) is 7.78. The molecule has 4 rings (SSSR count). The van der Waals surface area contributed by atoms with Crippen LogP contribution in [0.25, 0.3) is 27.0 Å². The average molecular weight is 445 g/mol. The summed E-state index contributed by atoms with van der Waals surface area (Å²) in [6, 6.07) is 7.91. The van der Waals surface area contributed by atoms with Crippen LogP contribution in [0.3, 0.4) is 0 Å². The average Bonchev–Trinajstić information content (AvgIpc) is 3.12. The molecule has 1 N–H and O–H groups in total. The fourth-order valence-corrected chi connectivity index (χ4v) is 4.65. The van der Waals surface area contributed by atoms with E-state index in [1.807, 2.05) is 52.0 Å². The zero-order valence-electron chi connectivity index (χ0n) is 16.3. The molecule has 0 saturated heterocycles. The second-order valence-electron chi connectivity index (χ2n) is 6.91. The van der Waals surface area contributed by atoms with Gasteiger partial charge in [0.15, 0.2) is 5.82 Å². The summed E-state index contributed by atoms with van der Waals surface area (Å²) in [4.78, 5) is 21.6. The van der Waals surface area contributed by atoms with Crippen LogP contribution in [-0.2, 0) is 0 Å². The first-order valence-electron chi connectivity index (χ1n) is 8.96. The van der Waals surface area contributed by atoms with Crippen LogP contribution in [0.4, 0.5) is 0 Å². The van der Waals surface area contributed by atoms with Crippen molar-refractivity contribution in [2.45, 2.75) is 27.7 Å². The molecule has 0 aliphatic rings. The molecule has 0 saturated carbocycles. The molecule has 0 radical (unpaired) electrons. The van der Waals surface area contributed by atoms with E-state index >= 15 is 0 Å². The molecule has 3 aromatic heterocycles. The smallest absolute Gasteiger partial charge is 0.260 e. The molecule has 0 spiro atoms. The summed E-state index contributed by atoms with van der Waals surface area (Å²) in [5.74, 6) is 0.309. The van der Waals surface area contributed by atoms with Crippen molar-refractivity contribution < 1.29 is 0 Å². The molecule has 0 bridgehead atoms. The summed E-state index contributed by atoms with van der Waals surface area (Å²) in [7, 11) is 0. The van der Waals surface area contributed by atoms with Crippen LogP contribution in [0.1, 0.15) is 33.1 Å². The van der Waals surface area contributed by atoms with Crippen LogP contribution in [0.5, 0.6) is 0 Å². The van der Waals surface area contributed by atoms with Crippen LogP contribution in [0, 0.1) is 27.7 Å². The van der Waals surface area contributed by atoms with E-state index in [0.717, 1.165) is 27.4 Å². The number of fused-ring (bicyclic) bond motifs is 1. The summed E-state index contributed by atoms with van der Waals surface area (Å²) in [5, 5.41) is 5.88. The molecule has 4 aromatic rings. The number of H-pyrrole nitrogens is 1. The van der Waals surface area contributed by atoms with E-state index in [2.05, 4.69) is 15.1 Å². The molecule has 0 amide bonds. The van der Waals surface area contributed by atoms with Crippen molar-refractivity contribution in [2.75, 3.05) is 0 Å². The van der Waals surface area contributed by atoms with Crippen molar-refractivity contribution in [2.24, 2.45) is 0 Å². The normalized spacial score (nSPS) is 12.1. The van der Waals surface area contributed by atoms with Gasteiger partial charge in [-0.25, -0.2) is 9.67 Å². The lowest BCUT2D eigenvalue weighted by Gasteiger charge is -2.04. The minimum atomic E-state index is -0.198. The number of rotatable bonds is 3. The number of aromatic amines is 1. The van der Waals surface area contributed by atoms with Gasteiger partial charge in [-0.05, 0) is 51.5 Å². The second-order valence-corrected chi connectivity index (χ2v) is 8.88. The highest BCUT2D eigenvalue weighted by molar-refractivity contribution is 7.18. The highest BCUT2D eigenvalue weighted by Crippen LogP contribution is 2.30.